The lowest BCUT2D eigenvalue weighted by molar-refractivity contribution is -0.138. The first kappa shape index (κ1) is 19.8. The van der Waals surface area contributed by atoms with Gasteiger partial charge in [0.2, 0.25) is 0 Å². The average molecular weight is 390 g/mol. The number of hydrogen-bond acceptors (Lipinski definition) is 4. The van der Waals surface area contributed by atoms with Gasteiger partial charge in [-0.05, 0) is 37.3 Å². The van der Waals surface area contributed by atoms with Crippen molar-refractivity contribution in [3.63, 3.8) is 0 Å². The van der Waals surface area contributed by atoms with E-state index < -0.39 is 23.6 Å². The lowest BCUT2D eigenvalue weighted by Gasteiger charge is -2.21. The largest absolute Gasteiger partial charge is 0.481 e. The lowest BCUT2D eigenvalue weighted by Crippen LogP contribution is -2.39. The molecule has 1 aliphatic heterocycles. The molecule has 1 N–H and O–H groups in total. The third-order valence-corrected chi connectivity index (χ3v) is 4.38. The van der Waals surface area contributed by atoms with Crippen LogP contribution in [0.4, 0.5) is 14.5 Å². The number of carbonyl (C=O) groups is 2. The Morgan fingerprint density at radius 3 is 2.79 bits per heavy atom. The maximum atomic E-state index is 13.8. The predicted octanol–water partition coefficient (Wildman–Crippen LogP) is 2.97. The smallest absolute Gasteiger partial charge is 0.263 e. The number of ether oxygens (including phenoxy) is 2. The Balaban J connectivity index is 1.82. The molecule has 6 nitrogen and oxygen atoms in total. The molecule has 1 atom stereocenters. The fourth-order valence-electron chi connectivity index (χ4n) is 2.94. The Kier molecular flexibility index (Phi) is 5.89. The number of anilines is 1. The Hall–Kier alpha value is -3.00. The van der Waals surface area contributed by atoms with Gasteiger partial charge < -0.3 is 19.7 Å². The molecule has 0 radical (unpaired) electrons. The second kappa shape index (κ2) is 8.35. The van der Waals surface area contributed by atoms with Crippen LogP contribution in [0.25, 0.3) is 0 Å². The first-order valence-corrected chi connectivity index (χ1v) is 8.72. The van der Waals surface area contributed by atoms with Gasteiger partial charge in [0.05, 0.1) is 12.2 Å². The van der Waals surface area contributed by atoms with E-state index in [-0.39, 0.29) is 18.0 Å². The van der Waals surface area contributed by atoms with Crippen molar-refractivity contribution in [2.24, 2.45) is 0 Å². The summed E-state index contributed by atoms with van der Waals surface area (Å²) >= 11 is 0. The molecule has 0 aliphatic carbocycles. The Morgan fingerprint density at radius 1 is 1.29 bits per heavy atom. The number of nitrogens with one attached hydrogen (secondary N) is 1. The standard InChI is InChI=1S/C20H20F2N2O4/c1-12-20(26)24(7-8-27-2)11-13-9-15(4-6-18(13)28-12)23-19(25)16-5-3-14(21)10-17(16)22/h3-6,9-10,12H,7-8,11H2,1-2H3,(H,23,25). The zero-order valence-corrected chi connectivity index (χ0v) is 15.5. The summed E-state index contributed by atoms with van der Waals surface area (Å²) < 4.78 is 37.6. The van der Waals surface area contributed by atoms with Crippen molar-refractivity contribution in [3.8, 4) is 5.75 Å². The SMILES string of the molecule is COCCN1Cc2cc(NC(=O)c3ccc(F)cc3F)ccc2OC(C)C1=O. The molecule has 28 heavy (non-hydrogen) atoms. The lowest BCUT2D eigenvalue weighted by atomic mass is 10.1. The third kappa shape index (κ3) is 4.28. The van der Waals surface area contributed by atoms with Crippen molar-refractivity contribution < 1.29 is 27.8 Å². The fraction of sp³-hybridized carbons (Fsp3) is 0.300. The van der Waals surface area contributed by atoms with Crippen LogP contribution in [-0.4, -0.2) is 43.1 Å². The molecule has 2 aromatic carbocycles. The molecule has 148 valence electrons. The first-order chi connectivity index (χ1) is 13.4. The summed E-state index contributed by atoms with van der Waals surface area (Å²) in [6, 6.07) is 7.67. The van der Waals surface area contributed by atoms with E-state index >= 15 is 0 Å². The second-order valence-corrected chi connectivity index (χ2v) is 6.41. The van der Waals surface area contributed by atoms with Crippen LogP contribution in [0.15, 0.2) is 36.4 Å². The second-order valence-electron chi connectivity index (χ2n) is 6.41. The van der Waals surface area contributed by atoms with Crippen LogP contribution >= 0.6 is 0 Å². The van der Waals surface area contributed by atoms with Crippen molar-refractivity contribution in [1.82, 2.24) is 4.90 Å². The van der Waals surface area contributed by atoms with Gasteiger partial charge in [0.1, 0.15) is 17.4 Å². The van der Waals surface area contributed by atoms with Gasteiger partial charge >= 0.3 is 0 Å². The molecule has 0 spiro atoms. The maximum absolute atomic E-state index is 13.8. The number of rotatable bonds is 5. The Morgan fingerprint density at radius 2 is 2.07 bits per heavy atom. The van der Waals surface area contributed by atoms with Gasteiger partial charge in [-0.25, -0.2) is 8.78 Å². The van der Waals surface area contributed by atoms with E-state index in [0.29, 0.717) is 36.2 Å². The molecule has 1 heterocycles. The molecular weight excluding hydrogens is 370 g/mol. The monoisotopic (exact) mass is 390 g/mol. The van der Waals surface area contributed by atoms with E-state index in [1.54, 1.807) is 37.1 Å². The van der Waals surface area contributed by atoms with Gasteiger partial charge in [0.25, 0.3) is 11.8 Å². The number of amides is 2. The van der Waals surface area contributed by atoms with Crippen molar-refractivity contribution in [2.45, 2.75) is 19.6 Å². The normalized spacial score (nSPS) is 16.2. The van der Waals surface area contributed by atoms with Crippen LogP contribution in [0, 0.1) is 11.6 Å². The van der Waals surface area contributed by atoms with E-state index in [0.717, 1.165) is 12.1 Å². The summed E-state index contributed by atoms with van der Waals surface area (Å²) in [6.45, 7) is 2.74. The van der Waals surface area contributed by atoms with E-state index in [4.69, 9.17) is 9.47 Å². The van der Waals surface area contributed by atoms with Gasteiger partial charge in [0, 0.05) is 37.5 Å². The van der Waals surface area contributed by atoms with Crippen LogP contribution in [0.3, 0.4) is 0 Å². The molecule has 3 rings (SSSR count). The topological polar surface area (TPSA) is 67.9 Å². The summed E-state index contributed by atoms with van der Waals surface area (Å²) in [7, 11) is 1.55. The number of benzene rings is 2. The Bertz CT molecular complexity index is 904. The molecule has 2 amide bonds. The van der Waals surface area contributed by atoms with Crippen LogP contribution < -0.4 is 10.1 Å². The predicted molar refractivity (Wildman–Crippen MR) is 98.1 cm³/mol. The van der Waals surface area contributed by atoms with E-state index in [1.165, 1.54) is 0 Å². The zero-order valence-electron chi connectivity index (χ0n) is 15.5. The molecule has 0 fully saturated rings. The summed E-state index contributed by atoms with van der Waals surface area (Å²) in [4.78, 5) is 26.4. The molecule has 0 aromatic heterocycles. The zero-order chi connectivity index (χ0) is 20.3. The van der Waals surface area contributed by atoms with Gasteiger partial charge in [-0.15, -0.1) is 0 Å². The number of carbonyl (C=O) groups excluding carboxylic acids is 2. The quantitative estimate of drug-likeness (QED) is 0.852. The molecule has 0 saturated heterocycles. The Labute approximate surface area is 161 Å². The molecule has 1 unspecified atom stereocenters. The van der Waals surface area contributed by atoms with Crippen molar-refractivity contribution in [2.75, 3.05) is 25.6 Å². The third-order valence-electron chi connectivity index (χ3n) is 4.38. The molecule has 0 bridgehead atoms. The van der Waals surface area contributed by atoms with Crippen LogP contribution in [0.1, 0.15) is 22.8 Å². The summed E-state index contributed by atoms with van der Waals surface area (Å²) in [5, 5.41) is 2.58. The summed E-state index contributed by atoms with van der Waals surface area (Å²) in [5.74, 6) is -2.03. The fourth-order valence-corrected chi connectivity index (χ4v) is 2.94. The number of nitrogens with zero attached hydrogens (tertiary/aromatic N) is 1. The van der Waals surface area contributed by atoms with Crippen molar-refractivity contribution in [1.29, 1.82) is 0 Å². The molecule has 0 saturated carbocycles. The molecule has 2 aromatic rings. The average Bonchev–Trinajstić information content (AvgIpc) is 2.76. The highest BCUT2D eigenvalue weighted by Gasteiger charge is 2.27. The van der Waals surface area contributed by atoms with Gasteiger partial charge in [-0.1, -0.05) is 0 Å². The number of methoxy groups -OCH3 is 1. The molecule has 8 heteroatoms. The number of halogens is 2. The highest BCUT2D eigenvalue weighted by Crippen LogP contribution is 2.29. The highest BCUT2D eigenvalue weighted by atomic mass is 19.1. The highest BCUT2D eigenvalue weighted by molar-refractivity contribution is 6.04. The van der Waals surface area contributed by atoms with Gasteiger partial charge in [0.15, 0.2) is 6.10 Å². The minimum Gasteiger partial charge on any atom is -0.481 e. The van der Waals surface area contributed by atoms with Crippen molar-refractivity contribution in [3.05, 3.63) is 59.2 Å². The van der Waals surface area contributed by atoms with E-state index in [9.17, 15) is 18.4 Å². The maximum Gasteiger partial charge on any atom is 0.263 e. The summed E-state index contributed by atoms with van der Waals surface area (Å²) in [5.41, 5.74) is 0.842. The van der Waals surface area contributed by atoms with E-state index in [1.807, 2.05) is 0 Å². The first-order valence-electron chi connectivity index (χ1n) is 8.72. The molecular formula is C20H20F2N2O4. The van der Waals surface area contributed by atoms with Crippen LogP contribution in [0.2, 0.25) is 0 Å². The number of hydrogen-bond donors (Lipinski definition) is 1. The minimum atomic E-state index is -0.944. The van der Waals surface area contributed by atoms with Crippen LogP contribution in [0.5, 0.6) is 5.75 Å². The van der Waals surface area contributed by atoms with Crippen molar-refractivity contribution >= 4 is 17.5 Å². The van der Waals surface area contributed by atoms with Gasteiger partial charge in [-0.2, -0.15) is 0 Å². The summed E-state index contributed by atoms with van der Waals surface area (Å²) in [6.07, 6.45) is -0.646. The molecule has 1 aliphatic rings. The van der Waals surface area contributed by atoms with E-state index in [2.05, 4.69) is 5.32 Å². The van der Waals surface area contributed by atoms with Gasteiger partial charge in [-0.3, -0.25) is 9.59 Å². The minimum absolute atomic E-state index is 0.160. The number of fused-ring (bicyclic) bond motifs is 1. The van der Waals surface area contributed by atoms with Crippen LogP contribution in [-0.2, 0) is 16.1 Å².